The number of aromatic nitrogens is 2. The molecule has 21 heavy (non-hydrogen) atoms. The third-order valence-electron chi connectivity index (χ3n) is 3.28. The summed E-state index contributed by atoms with van der Waals surface area (Å²) in [6.07, 6.45) is -4.38. The molecule has 0 saturated heterocycles. The summed E-state index contributed by atoms with van der Waals surface area (Å²) >= 11 is 0. The van der Waals surface area contributed by atoms with E-state index in [1.165, 1.54) is 10.7 Å². The normalized spacial score (nSPS) is 12.7. The third kappa shape index (κ3) is 2.89. The van der Waals surface area contributed by atoms with Crippen molar-refractivity contribution in [3.63, 3.8) is 0 Å². The summed E-state index contributed by atoms with van der Waals surface area (Å²) < 4.78 is 40.1. The molecule has 2 N–H and O–H groups in total. The van der Waals surface area contributed by atoms with E-state index < -0.39 is 11.7 Å². The van der Waals surface area contributed by atoms with Gasteiger partial charge in [0.2, 0.25) is 0 Å². The Morgan fingerprint density at radius 1 is 1.14 bits per heavy atom. The minimum absolute atomic E-state index is 0.320. The molecule has 0 radical (unpaired) electrons. The number of anilines is 1. The Kier molecular flexibility index (Phi) is 3.51. The van der Waals surface area contributed by atoms with Crippen molar-refractivity contribution in [1.82, 2.24) is 9.78 Å². The van der Waals surface area contributed by atoms with Crippen LogP contribution in [-0.4, -0.2) is 9.78 Å². The molecule has 0 saturated carbocycles. The smallest absolute Gasteiger partial charge is 0.383 e. The zero-order chi connectivity index (χ0) is 16.0. The highest BCUT2D eigenvalue weighted by Crippen LogP contribution is 2.38. The first-order chi connectivity index (χ1) is 9.51. The molecule has 2 rings (SSSR count). The topological polar surface area (TPSA) is 43.8 Å². The van der Waals surface area contributed by atoms with Gasteiger partial charge in [-0.3, -0.25) is 4.68 Å². The molecule has 0 unspecified atom stereocenters. The number of nitrogen functional groups attached to an aromatic ring is 1. The van der Waals surface area contributed by atoms with Crippen molar-refractivity contribution in [2.75, 3.05) is 5.73 Å². The Labute approximate surface area is 121 Å². The Morgan fingerprint density at radius 2 is 1.76 bits per heavy atom. The molecule has 0 bridgehead atoms. The van der Waals surface area contributed by atoms with Crippen molar-refractivity contribution in [1.29, 1.82) is 0 Å². The van der Waals surface area contributed by atoms with Gasteiger partial charge < -0.3 is 5.73 Å². The zero-order valence-electron chi connectivity index (χ0n) is 12.4. The van der Waals surface area contributed by atoms with Crippen LogP contribution in [0.25, 0.3) is 11.1 Å². The van der Waals surface area contributed by atoms with E-state index in [0.717, 1.165) is 12.1 Å². The molecule has 0 aliphatic rings. The average molecular weight is 297 g/mol. The van der Waals surface area contributed by atoms with E-state index in [0.29, 0.717) is 22.6 Å². The highest BCUT2D eigenvalue weighted by molar-refractivity contribution is 5.78. The maximum atomic E-state index is 12.9. The summed E-state index contributed by atoms with van der Waals surface area (Å²) in [6.45, 7) is 5.85. The van der Waals surface area contributed by atoms with E-state index in [4.69, 9.17) is 5.73 Å². The highest BCUT2D eigenvalue weighted by atomic mass is 19.4. The van der Waals surface area contributed by atoms with Gasteiger partial charge in [0.1, 0.15) is 5.82 Å². The molecule has 2 aromatic rings. The van der Waals surface area contributed by atoms with Crippen LogP contribution in [0.2, 0.25) is 0 Å². The quantitative estimate of drug-likeness (QED) is 0.865. The van der Waals surface area contributed by atoms with E-state index in [-0.39, 0.29) is 5.41 Å². The lowest BCUT2D eigenvalue weighted by Gasteiger charge is -2.18. The molecular formula is C15H18F3N3. The van der Waals surface area contributed by atoms with Crippen molar-refractivity contribution in [3.05, 3.63) is 35.5 Å². The highest BCUT2D eigenvalue weighted by Gasteiger charge is 2.32. The summed E-state index contributed by atoms with van der Waals surface area (Å²) in [5, 5.41) is 4.36. The van der Waals surface area contributed by atoms with Gasteiger partial charge in [-0.1, -0.05) is 32.9 Å². The number of halogens is 3. The van der Waals surface area contributed by atoms with Gasteiger partial charge in [-0.05, 0) is 17.7 Å². The second-order valence-electron chi connectivity index (χ2n) is 6.06. The monoisotopic (exact) mass is 297 g/mol. The minimum Gasteiger partial charge on any atom is -0.383 e. The number of alkyl halides is 3. The lowest BCUT2D eigenvalue weighted by atomic mass is 9.87. The molecule has 0 aliphatic carbocycles. The van der Waals surface area contributed by atoms with E-state index in [2.05, 4.69) is 5.10 Å². The second-order valence-corrected chi connectivity index (χ2v) is 6.06. The summed E-state index contributed by atoms with van der Waals surface area (Å²) in [6, 6.07) is 5.17. The summed E-state index contributed by atoms with van der Waals surface area (Å²) in [5.74, 6) is 0.360. The van der Waals surface area contributed by atoms with Crippen LogP contribution in [0.5, 0.6) is 0 Å². The first-order valence-corrected chi connectivity index (χ1v) is 6.52. The molecule has 0 amide bonds. The Bertz CT molecular complexity index is 664. The SMILES string of the molecule is Cn1nc(C(C)(C)C)c(-c2cccc(C(F)(F)F)c2)c1N. The Hall–Kier alpha value is -1.98. The van der Waals surface area contributed by atoms with Gasteiger partial charge in [-0.15, -0.1) is 0 Å². The Balaban J connectivity index is 2.68. The summed E-state index contributed by atoms with van der Waals surface area (Å²) in [4.78, 5) is 0. The minimum atomic E-state index is -4.38. The molecule has 3 nitrogen and oxygen atoms in total. The van der Waals surface area contributed by atoms with Crippen molar-refractivity contribution in [2.45, 2.75) is 32.4 Å². The maximum absolute atomic E-state index is 12.9. The maximum Gasteiger partial charge on any atom is 0.416 e. The average Bonchev–Trinajstić information content (AvgIpc) is 2.65. The van der Waals surface area contributed by atoms with Crippen LogP contribution in [0.15, 0.2) is 24.3 Å². The molecule has 1 heterocycles. The number of hydrogen-bond acceptors (Lipinski definition) is 2. The van der Waals surface area contributed by atoms with Gasteiger partial charge in [-0.25, -0.2) is 0 Å². The molecule has 6 heteroatoms. The second kappa shape index (κ2) is 4.79. The fourth-order valence-electron chi connectivity index (χ4n) is 2.20. The van der Waals surface area contributed by atoms with Crippen molar-refractivity contribution in [3.8, 4) is 11.1 Å². The van der Waals surface area contributed by atoms with Crippen LogP contribution in [0.3, 0.4) is 0 Å². The van der Waals surface area contributed by atoms with E-state index in [9.17, 15) is 13.2 Å². The standard InChI is InChI=1S/C15H18F3N3/c1-14(2,3)12-11(13(19)21(4)20-12)9-6-5-7-10(8-9)15(16,17)18/h5-8H,19H2,1-4H3. The lowest BCUT2D eigenvalue weighted by molar-refractivity contribution is -0.137. The van der Waals surface area contributed by atoms with Gasteiger partial charge in [0.05, 0.1) is 11.3 Å². The van der Waals surface area contributed by atoms with Gasteiger partial charge in [-0.2, -0.15) is 18.3 Å². The predicted molar refractivity (Wildman–Crippen MR) is 76.8 cm³/mol. The molecule has 0 spiro atoms. The fraction of sp³-hybridized carbons (Fsp3) is 0.400. The molecule has 0 atom stereocenters. The van der Waals surface area contributed by atoms with Crippen LogP contribution in [0.4, 0.5) is 19.0 Å². The first-order valence-electron chi connectivity index (χ1n) is 6.52. The predicted octanol–water partition coefficient (Wildman–Crippen LogP) is 3.99. The number of nitrogens with zero attached hydrogens (tertiary/aromatic N) is 2. The van der Waals surface area contributed by atoms with Gasteiger partial charge in [0, 0.05) is 18.0 Å². The van der Waals surface area contributed by atoms with E-state index >= 15 is 0 Å². The molecule has 1 aromatic carbocycles. The van der Waals surface area contributed by atoms with Crippen LogP contribution in [0.1, 0.15) is 32.0 Å². The first kappa shape index (κ1) is 15.4. The summed E-state index contributed by atoms with van der Waals surface area (Å²) in [5.41, 5.74) is 6.68. The number of nitrogens with two attached hydrogens (primary N) is 1. The van der Waals surface area contributed by atoms with Gasteiger partial charge in [0.15, 0.2) is 0 Å². The molecule has 1 aromatic heterocycles. The molecule has 114 valence electrons. The van der Waals surface area contributed by atoms with Crippen LogP contribution >= 0.6 is 0 Å². The lowest BCUT2D eigenvalue weighted by Crippen LogP contribution is -2.14. The number of aryl methyl sites for hydroxylation is 1. The Morgan fingerprint density at radius 3 is 2.29 bits per heavy atom. The third-order valence-corrected chi connectivity index (χ3v) is 3.28. The molecular weight excluding hydrogens is 279 g/mol. The fourth-order valence-corrected chi connectivity index (χ4v) is 2.20. The van der Waals surface area contributed by atoms with Crippen molar-refractivity contribution in [2.24, 2.45) is 7.05 Å². The van der Waals surface area contributed by atoms with E-state index in [1.54, 1.807) is 13.1 Å². The van der Waals surface area contributed by atoms with Crippen LogP contribution < -0.4 is 5.73 Å². The number of hydrogen-bond donors (Lipinski definition) is 1. The largest absolute Gasteiger partial charge is 0.416 e. The summed E-state index contributed by atoms with van der Waals surface area (Å²) in [7, 11) is 1.68. The van der Waals surface area contributed by atoms with Gasteiger partial charge in [0.25, 0.3) is 0 Å². The molecule has 0 fully saturated rings. The molecule has 0 aliphatic heterocycles. The van der Waals surface area contributed by atoms with Crippen LogP contribution in [0, 0.1) is 0 Å². The van der Waals surface area contributed by atoms with Crippen LogP contribution in [-0.2, 0) is 18.6 Å². The number of benzene rings is 1. The van der Waals surface area contributed by atoms with Gasteiger partial charge >= 0.3 is 6.18 Å². The van der Waals surface area contributed by atoms with Crippen molar-refractivity contribution < 1.29 is 13.2 Å². The van der Waals surface area contributed by atoms with Crippen molar-refractivity contribution >= 4 is 5.82 Å². The number of rotatable bonds is 1. The van der Waals surface area contributed by atoms with E-state index in [1.807, 2.05) is 20.8 Å². The zero-order valence-corrected chi connectivity index (χ0v) is 12.4.